The van der Waals surface area contributed by atoms with Crippen LogP contribution >= 0.6 is 11.3 Å². The first-order valence-electron chi connectivity index (χ1n) is 5.86. The molecule has 0 aliphatic rings. The van der Waals surface area contributed by atoms with Crippen molar-refractivity contribution in [1.82, 2.24) is 9.97 Å². The minimum absolute atomic E-state index is 0.345. The van der Waals surface area contributed by atoms with Gasteiger partial charge in [-0.15, -0.1) is 0 Å². The first-order valence-corrected chi connectivity index (χ1v) is 6.67. The Kier molecular flexibility index (Phi) is 4.46. The number of ether oxygens (including phenoxy) is 1. The van der Waals surface area contributed by atoms with E-state index in [1.54, 1.807) is 12.4 Å². The summed E-state index contributed by atoms with van der Waals surface area (Å²) in [5, 5.41) is 0.802. The van der Waals surface area contributed by atoms with Crippen LogP contribution in [0, 0.1) is 0 Å². The molecule has 2 aromatic rings. The van der Waals surface area contributed by atoms with Gasteiger partial charge in [0.05, 0.1) is 13.3 Å². The van der Waals surface area contributed by atoms with Crippen LogP contribution in [-0.4, -0.2) is 36.6 Å². The minimum Gasteiger partial charge on any atom is -0.465 e. The van der Waals surface area contributed by atoms with E-state index in [0.29, 0.717) is 4.88 Å². The highest BCUT2D eigenvalue weighted by molar-refractivity contribution is 7.17. The fourth-order valence-electron chi connectivity index (χ4n) is 1.56. The summed E-state index contributed by atoms with van der Waals surface area (Å²) in [5.74, 6) is -0.345. The Morgan fingerprint density at radius 2 is 2.26 bits per heavy atom. The third kappa shape index (κ3) is 3.51. The lowest BCUT2D eigenvalue weighted by Gasteiger charge is -2.14. The van der Waals surface area contributed by atoms with Crippen molar-refractivity contribution < 1.29 is 9.53 Å². The number of rotatable bonds is 5. The number of pyridine rings is 1. The van der Waals surface area contributed by atoms with Crippen LogP contribution in [0.15, 0.2) is 30.6 Å². The van der Waals surface area contributed by atoms with Crippen molar-refractivity contribution in [1.29, 1.82) is 0 Å². The van der Waals surface area contributed by atoms with Crippen LogP contribution in [0.5, 0.6) is 0 Å². The Balaban J connectivity index is 1.94. The highest BCUT2D eigenvalue weighted by Gasteiger charge is 2.13. The van der Waals surface area contributed by atoms with E-state index in [9.17, 15) is 4.79 Å². The van der Waals surface area contributed by atoms with Gasteiger partial charge < -0.3 is 9.64 Å². The molecule has 0 saturated carbocycles. The first kappa shape index (κ1) is 13.5. The molecular formula is C13H15N3O2S. The predicted octanol–water partition coefficient (Wildman–Crippen LogP) is 2.00. The summed E-state index contributed by atoms with van der Waals surface area (Å²) in [6.45, 7) is 0.797. The molecule has 0 fully saturated rings. The van der Waals surface area contributed by atoms with Gasteiger partial charge in [0.1, 0.15) is 4.88 Å². The van der Waals surface area contributed by atoms with Crippen molar-refractivity contribution in [3.05, 3.63) is 41.2 Å². The molecule has 0 saturated heterocycles. The molecule has 0 bridgehead atoms. The zero-order valence-electron chi connectivity index (χ0n) is 10.9. The van der Waals surface area contributed by atoms with Crippen LogP contribution < -0.4 is 4.90 Å². The van der Waals surface area contributed by atoms with Crippen molar-refractivity contribution in [3.63, 3.8) is 0 Å². The molecule has 0 amide bonds. The Bertz CT molecular complexity index is 542. The number of nitrogens with zero attached hydrogens (tertiary/aromatic N) is 3. The fourth-order valence-corrected chi connectivity index (χ4v) is 2.38. The molecule has 0 N–H and O–H groups in total. The molecule has 2 rings (SSSR count). The van der Waals surface area contributed by atoms with E-state index in [0.717, 1.165) is 23.8 Å². The number of methoxy groups -OCH3 is 1. The lowest BCUT2D eigenvalue weighted by Crippen LogP contribution is -2.20. The van der Waals surface area contributed by atoms with E-state index < -0.39 is 0 Å². The lowest BCUT2D eigenvalue weighted by atomic mass is 10.2. The summed E-state index contributed by atoms with van der Waals surface area (Å²) in [5.41, 5.74) is 1.04. The van der Waals surface area contributed by atoms with Crippen molar-refractivity contribution >= 4 is 22.4 Å². The zero-order chi connectivity index (χ0) is 13.7. The molecule has 0 atom stereocenters. The summed E-state index contributed by atoms with van der Waals surface area (Å²) >= 11 is 1.33. The zero-order valence-corrected chi connectivity index (χ0v) is 11.7. The first-order chi connectivity index (χ1) is 9.20. The van der Waals surface area contributed by atoms with Gasteiger partial charge >= 0.3 is 5.97 Å². The molecule has 2 aromatic heterocycles. The third-order valence-electron chi connectivity index (χ3n) is 2.64. The second kappa shape index (κ2) is 6.29. The van der Waals surface area contributed by atoms with Gasteiger partial charge in [-0.25, -0.2) is 9.78 Å². The standard InChI is InChI=1S/C13H15N3O2S/c1-16(8-6-10-5-3-4-7-14-10)13-15-9-11(19-13)12(17)18-2/h3-5,7,9H,6,8H2,1-2H3. The Labute approximate surface area is 115 Å². The number of hydrogen-bond donors (Lipinski definition) is 0. The van der Waals surface area contributed by atoms with Crippen molar-refractivity contribution in [2.75, 3.05) is 25.6 Å². The Morgan fingerprint density at radius 3 is 2.95 bits per heavy atom. The normalized spacial score (nSPS) is 10.2. The second-order valence-corrected chi connectivity index (χ2v) is 5.00. The Hall–Kier alpha value is -1.95. The largest absolute Gasteiger partial charge is 0.465 e. The van der Waals surface area contributed by atoms with Crippen LogP contribution in [0.2, 0.25) is 0 Å². The average molecular weight is 277 g/mol. The van der Waals surface area contributed by atoms with Crippen LogP contribution in [0.4, 0.5) is 5.13 Å². The smallest absolute Gasteiger partial charge is 0.349 e. The average Bonchev–Trinajstić information content (AvgIpc) is 2.95. The molecule has 100 valence electrons. The molecule has 2 heterocycles. The van der Waals surface area contributed by atoms with Gasteiger partial charge in [0.2, 0.25) is 0 Å². The number of anilines is 1. The molecule has 0 aromatic carbocycles. The van der Waals surface area contributed by atoms with Crippen LogP contribution in [0.1, 0.15) is 15.4 Å². The van der Waals surface area contributed by atoms with E-state index >= 15 is 0 Å². The van der Waals surface area contributed by atoms with E-state index in [4.69, 9.17) is 0 Å². The summed E-state index contributed by atoms with van der Waals surface area (Å²) in [7, 11) is 3.31. The quantitative estimate of drug-likeness (QED) is 0.782. The number of carbonyl (C=O) groups is 1. The van der Waals surface area contributed by atoms with E-state index in [-0.39, 0.29) is 5.97 Å². The van der Waals surface area contributed by atoms with Crippen LogP contribution in [-0.2, 0) is 11.2 Å². The molecule has 19 heavy (non-hydrogen) atoms. The summed E-state index contributed by atoms with van der Waals surface area (Å²) in [4.78, 5) is 22.4. The van der Waals surface area contributed by atoms with Crippen molar-refractivity contribution in [3.8, 4) is 0 Å². The number of carbonyl (C=O) groups excluding carboxylic acids is 1. The minimum atomic E-state index is -0.345. The van der Waals surface area contributed by atoms with Gasteiger partial charge in [0, 0.05) is 31.9 Å². The molecule has 0 unspecified atom stereocenters. The van der Waals surface area contributed by atoms with Gasteiger partial charge in [0.15, 0.2) is 5.13 Å². The molecule has 0 radical (unpaired) electrons. The topological polar surface area (TPSA) is 55.3 Å². The molecule has 6 heteroatoms. The van der Waals surface area contributed by atoms with Gasteiger partial charge in [-0.2, -0.15) is 0 Å². The van der Waals surface area contributed by atoms with Gasteiger partial charge in [-0.3, -0.25) is 4.98 Å². The number of esters is 1. The third-order valence-corrected chi connectivity index (χ3v) is 3.73. The summed E-state index contributed by atoms with van der Waals surface area (Å²) in [6.07, 6.45) is 4.17. The molecule has 0 aliphatic carbocycles. The molecule has 0 aliphatic heterocycles. The van der Waals surface area contributed by atoms with Gasteiger partial charge in [-0.05, 0) is 12.1 Å². The molecular weight excluding hydrogens is 262 g/mol. The monoisotopic (exact) mass is 277 g/mol. The van der Waals surface area contributed by atoms with Crippen molar-refractivity contribution in [2.24, 2.45) is 0 Å². The van der Waals surface area contributed by atoms with E-state index in [1.165, 1.54) is 18.4 Å². The van der Waals surface area contributed by atoms with Gasteiger partial charge in [-0.1, -0.05) is 17.4 Å². The molecule has 0 spiro atoms. The SMILES string of the molecule is COC(=O)c1cnc(N(C)CCc2ccccn2)s1. The Morgan fingerprint density at radius 1 is 1.42 bits per heavy atom. The fraction of sp³-hybridized carbons (Fsp3) is 0.308. The maximum atomic E-state index is 11.3. The predicted molar refractivity (Wildman–Crippen MR) is 74.7 cm³/mol. The maximum Gasteiger partial charge on any atom is 0.349 e. The van der Waals surface area contributed by atoms with Crippen molar-refractivity contribution in [2.45, 2.75) is 6.42 Å². The highest BCUT2D eigenvalue weighted by atomic mass is 32.1. The number of likely N-dealkylation sites (N-methyl/N-ethyl adjacent to an activating group) is 1. The number of thiazole rings is 1. The van der Waals surface area contributed by atoms with Crippen LogP contribution in [0.25, 0.3) is 0 Å². The highest BCUT2D eigenvalue weighted by Crippen LogP contribution is 2.22. The van der Waals surface area contributed by atoms with E-state index in [2.05, 4.69) is 14.7 Å². The second-order valence-electron chi connectivity index (χ2n) is 3.99. The summed E-state index contributed by atoms with van der Waals surface area (Å²) < 4.78 is 4.66. The van der Waals surface area contributed by atoms with Crippen LogP contribution in [0.3, 0.4) is 0 Å². The van der Waals surface area contributed by atoms with Gasteiger partial charge in [0.25, 0.3) is 0 Å². The number of aromatic nitrogens is 2. The maximum absolute atomic E-state index is 11.3. The summed E-state index contributed by atoms with van der Waals surface area (Å²) in [6, 6.07) is 5.87. The van der Waals surface area contributed by atoms with E-state index in [1.807, 2.05) is 30.1 Å². The molecule has 5 nitrogen and oxygen atoms in total. The lowest BCUT2D eigenvalue weighted by molar-refractivity contribution is 0.0606. The number of hydrogen-bond acceptors (Lipinski definition) is 6.